The molecule has 20 rings (SSSR count). The molecule has 0 aliphatic carbocycles. The van der Waals surface area contributed by atoms with Gasteiger partial charge in [0.1, 0.15) is 0 Å². The first kappa shape index (κ1) is 46.3. The molecule has 0 unspecified atom stereocenters. The molecule has 0 amide bonds. The maximum Gasteiger partial charge on any atom is 0.257 e. The third-order valence-electron chi connectivity index (χ3n) is 19.2. The SMILES string of the molecule is c1ccc(N2c3cccc4c3B3c5c2cc2ccccc2c5N(c2ccccc2)c2cc5cc6c7c(c5c(c23)N4c2ccccc2)N(c2ccccc2)c2cccc3c2B7c2c(cc4ccccc4c2N6c2ccccc2)N3c2ccccc2)cc1. The van der Waals surface area contributed by atoms with Crippen molar-refractivity contribution in [3.63, 3.8) is 0 Å². The van der Waals surface area contributed by atoms with Crippen molar-refractivity contribution >= 4 is 181 Å². The molecule has 6 aliphatic rings. The second-order valence-electron chi connectivity index (χ2n) is 23.5. The predicted molar refractivity (Wildman–Crippen MR) is 363 cm³/mol. The summed E-state index contributed by atoms with van der Waals surface area (Å²) in [5.41, 5.74) is 28.9. The van der Waals surface area contributed by atoms with Crippen LogP contribution in [0.1, 0.15) is 0 Å². The van der Waals surface area contributed by atoms with Gasteiger partial charge in [-0.1, -0.05) is 170 Å². The summed E-state index contributed by atoms with van der Waals surface area (Å²) in [6.45, 7) is -0.288. The van der Waals surface area contributed by atoms with Gasteiger partial charge < -0.3 is 29.4 Å². The summed E-state index contributed by atoms with van der Waals surface area (Å²) in [4.78, 5) is 15.7. The molecule has 0 atom stereocenters. The van der Waals surface area contributed by atoms with Crippen molar-refractivity contribution in [1.29, 1.82) is 0 Å². The smallest absolute Gasteiger partial charge is 0.257 e. The van der Waals surface area contributed by atoms with Crippen LogP contribution in [0.2, 0.25) is 0 Å². The first-order chi connectivity index (χ1) is 42.8. The number of para-hydroxylation sites is 6. The van der Waals surface area contributed by atoms with Gasteiger partial charge in [0.25, 0.3) is 13.4 Å². The van der Waals surface area contributed by atoms with Crippen molar-refractivity contribution < 1.29 is 0 Å². The van der Waals surface area contributed by atoms with Gasteiger partial charge >= 0.3 is 0 Å². The van der Waals surface area contributed by atoms with E-state index in [1.54, 1.807) is 0 Å². The van der Waals surface area contributed by atoms with Crippen LogP contribution in [0.4, 0.5) is 102 Å². The standard InChI is InChI=1S/C78H48B2N6/c1-7-27-52(28-8-1)81-60-41-23-43-62-69(60)79-71-64(81)45-49-25-19-21-39-58(49)75(71)85(56-35-15-5-16-36-56)66-47-51-48-67-74-78(68(51)77(73(66)79)83(62)54-31-11-3-12-32-54)84(55-33-13-4-14-34-55)63-44-24-42-61-70(63)80(74)72-65(82(61)53-29-9-2-10-30-53)46-50-26-20-22-40-59(50)76(72)86(67)57-37-17-6-18-38-57/h1-48H. The molecule has 6 aliphatic heterocycles. The quantitative estimate of drug-likeness (QED) is 0.154. The molecule has 6 nitrogen and oxygen atoms in total. The van der Waals surface area contributed by atoms with Gasteiger partial charge in [-0.2, -0.15) is 0 Å². The summed E-state index contributed by atoms with van der Waals surface area (Å²) in [6.07, 6.45) is 0. The van der Waals surface area contributed by atoms with Crippen molar-refractivity contribution in [2.75, 3.05) is 29.4 Å². The highest BCUT2D eigenvalue weighted by Gasteiger charge is 2.54. The molecule has 0 fully saturated rings. The molecule has 396 valence electrons. The fourth-order valence-electron chi connectivity index (χ4n) is 16.2. The number of nitrogens with zero attached hydrogens (tertiary/aromatic N) is 6. The molecule has 86 heavy (non-hydrogen) atoms. The Bertz CT molecular complexity index is 4900. The molecule has 0 N–H and O–H groups in total. The Morgan fingerprint density at radius 2 is 0.442 bits per heavy atom. The highest BCUT2D eigenvalue weighted by Crippen LogP contribution is 2.59. The molecule has 14 aromatic carbocycles. The van der Waals surface area contributed by atoms with Crippen LogP contribution >= 0.6 is 0 Å². The molecular formula is C78H48B2N6. The largest absolute Gasteiger partial charge is 0.311 e. The second-order valence-corrected chi connectivity index (χ2v) is 23.5. The molecule has 0 aromatic heterocycles. The zero-order valence-electron chi connectivity index (χ0n) is 46.6. The van der Waals surface area contributed by atoms with Crippen molar-refractivity contribution in [2.24, 2.45) is 0 Å². The van der Waals surface area contributed by atoms with Gasteiger partial charge in [0.05, 0.1) is 22.7 Å². The summed E-state index contributed by atoms with van der Waals surface area (Å²) in [5, 5.41) is 7.22. The summed E-state index contributed by atoms with van der Waals surface area (Å²) < 4.78 is 0. The minimum absolute atomic E-state index is 0.144. The zero-order valence-corrected chi connectivity index (χ0v) is 46.6. The fourth-order valence-corrected chi connectivity index (χ4v) is 16.2. The maximum atomic E-state index is 2.65. The molecule has 0 bridgehead atoms. The van der Waals surface area contributed by atoms with Crippen molar-refractivity contribution in [2.45, 2.75) is 0 Å². The highest BCUT2D eigenvalue weighted by molar-refractivity contribution is 7.04. The van der Waals surface area contributed by atoms with Crippen molar-refractivity contribution in [3.8, 4) is 0 Å². The van der Waals surface area contributed by atoms with Crippen molar-refractivity contribution in [1.82, 2.24) is 0 Å². The Labute approximate surface area is 498 Å². The Balaban J connectivity index is 1.02. The lowest BCUT2D eigenvalue weighted by Crippen LogP contribution is -2.66. The van der Waals surface area contributed by atoms with Gasteiger partial charge in [0.2, 0.25) is 0 Å². The first-order valence-electron chi connectivity index (χ1n) is 29.9. The molecule has 0 radical (unpaired) electrons. The van der Waals surface area contributed by atoms with Crippen LogP contribution in [0.15, 0.2) is 291 Å². The second kappa shape index (κ2) is 17.2. The van der Waals surface area contributed by atoms with E-state index < -0.39 is 0 Å². The third-order valence-corrected chi connectivity index (χ3v) is 19.2. The van der Waals surface area contributed by atoms with E-state index in [4.69, 9.17) is 0 Å². The molecule has 6 heterocycles. The number of fused-ring (bicyclic) bond motifs is 7. The minimum atomic E-state index is -0.144. The van der Waals surface area contributed by atoms with Crippen LogP contribution in [0.3, 0.4) is 0 Å². The number of hydrogen-bond donors (Lipinski definition) is 0. The average molecular weight is 1090 g/mol. The van der Waals surface area contributed by atoms with E-state index in [0.29, 0.717) is 0 Å². The van der Waals surface area contributed by atoms with Crippen molar-refractivity contribution in [3.05, 3.63) is 291 Å². The lowest BCUT2D eigenvalue weighted by Gasteiger charge is -2.52. The number of benzene rings is 14. The Kier molecular flexibility index (Phi) is 9.26. The molecule has 0 saturated carbocycles. The summed E-state index contributed by atoms with van der Waals surface area (Å²) in [5.74, 6) is 0. The topological polar surface area (TPSA) is 19.4 Å². The van der Waals surface area contributed by atoms with Crippen LogP contribution in [0.25, 0.3) is 32.3 Å². The van der Waals surface area contributed by atoms with Gasteiger partial charge in [-0.15, -0.1) is 0 Å². The monoisotopic (exact) mass is 1090 g/mol. The predicted octanol–water partition coefficient (Wildman–Crippen LogP) is 16.9. The van der Waals surface area contributed by atoms with E-state index in [2.05, 4.69) is 321 Å². The summed E-state index contributed by atoms with van der Waals surface area (Å²) in [6, 6.07) is 109. The van der Waals surface area contributed by atoms with Crippen LogP contribution in [0, 0.1) is 0 Å². The van der Waals surface area contributed by atoms with Crippen LogP contribution in [-0.4, -0.2) is 13.4 Å². The van der Waals surface area contributed by atoms with E-state index in [-0.39, 0.29) is 13.4 Å². The lowest BCUT2D eigenvalue weighted by molar-refractivity contribution is 1.22. The Hall–Kier alpha value is -11.2. The van der Waals surface area contributed by atoms with Crippen LogP contribution in [-0.2, 0) is 0 Å². The fraction of sp³-hybridized carbons (Fsp3) is 0. The maximum absolute atomic E-state index is 2.65. The van der Waals surface area contributed by atoms with Gasteiger partial charge in [-0.25, -0.2) is 0 Å². The summed E-state index contributed by atoms with van der Waals surface area (Å²) >= 11 is 0. The average Bonchev–Trinajstić information content (AvgIpc) is 0.680. The van der Waals surface area contributed by atoms with E-state index in [9.17, 15) is 0 Å². The van der Waals surface area contributed by atoms with Gasteiger partial charge in [-0.3, -0.25) is 0 Å². The van der Waals surface area contributed by atoms with Crippen LogP contribution < -0.4 is 62.2 Å². The van der Waals surface area contributed by atoms with E-state index in [0.717, 1.165) is 39.5 Å². The molecular weight excluding hydrogens is 1040 g/mol. The highest BCUT2D eigenvalue weighted by atomic mass is 15.2. The first-order valence-corrected chi connectivity index (χ1v) is 29.9. The number of anilines is 18. The summed E-state index contributed by atoms with van der Waals surface area (Å²) in [7, 11) is 0. The Morgan fingerprint density at radius 3 is 0.791 bits per heavy atom. The van der Waals surface area contributed by atoms with Gasteiger partial charge in [-0.05, 0) is 170 Å². The number of hydrogen-bond acceptors (Lipinski definition) is 6. The van der Waals surface area contributed by atoms with Crippen LogP contribution in [0.5, 0.6) is 0 Å². The molecule has 8 heteroatoms. The van der Waals surface area contributed by atoms with Gasteiger partial charge in [0, 0.05) is 95.8 Å². The molecule has 0 saturated heterocycles. The number of rotatable bonds is 6. The zero-order chi connectivity index (χ0) is 55.9. The van der Waals surface area contributed by atoms with E-state index in [1.165, 1.54) is 128 Å². The Morgan fingerprint density at radius 1 is 0.186 bits per heavy atom. The normalized spacial score (nSPS) is 14.1. The van der Waals surface area contributed by atoms with E-state index in [1.807, 2.05) is 0 Å². The molecule has 0 spiro atoms. The third kappa shape index (κ3) is 5.96. The lowest BCUT2D eigenvalue weighted by atomic mass is 9.30. The van der Waals surface area contributed by atoms with Gasteiger partial charge in [0.15, 0.2) is 0 Å². The van der Waals surface area contributed by atoms with E-state index >= 15 is 0 Å². The molecule has 14 aromatic rings. The minimum Gasteiger partial charge on any atom is -0.311 e.